The first kappa shape index (κ1) is 22.4. The molecule has 4 nitrogen and oxygen atoms in total. The molecule has 3 rings (SSSR count). The highest BCUT2D eigenvalue weighted by Crippen LogP contribution is 2.21. The average Bonchev–Trinajstić information content (AvgIpc) is 2.75. The Morgan fingerprint density at radius 2 is 1.73 bits per heavy atom. The molecule has 0 spiro atoms. The van der Waals surface area contributed by atoms with Crippen molar-refractivity contribution in [1.29, 1.82) is 0 Å². The molecule has 1 saturated carbocycles. The van der Waals surface area contributed by atoms with Gasteiger partial charge in [0.25, 0.3) is 0 Å². The van der Waals surface area contributed by atoms with Gasteiger partial charge < -0.3 is 10.2 Å². The Morgan fingerprint density at radius 3 is 2.40 bits per heavy atom. The first-order valence-corrected chi connectivity index (χ1v) is 11.2. The Kier molecular flexibility index (Phi) is 7.92. The van der Waals surface area contributed by atoms with Crippen LogP contribution in [0.25, 0.3) is 0 Å². The smallest absolute Gasteiger partial charge is 0.242 e. The lowest BCUT2D eigenvalue weighted by molar-refractivity contribution is -0.140. The summed E-state index contributed by atoms with van der Waals surface area (Å²) >= 11 is 6.35. The highest BCUT2D eigenvalue weighted by molar-refractivity contribution is 6.31. The number of benzene rings is 2. The lowest BCUT2D eigenvalue weighted by Gasteiger charge is -2.31. The number of halogens is 1. The molecule has 2 amide bonds. The number of carbonyl (C=O) groups excluding carboxylic acids is 2. The number of aryl methyl sites for hydroxylation is 1. The van der Waals surface area contributed by atoms with Crippen molar-refractivity contribution in [1.82, 2.24) is 10.2 Å². The van der Waals surface area contributed by atoms with Crippen molar-refractivity contribution in [2.45, 2.75) is 71.0 Å². The fourth-order valence-corrected chi connectivity index (χ4v) is 4.14. The quantitative estimate of drug-likeness (QED) is 0.672. The molecule has 2 aromatic carbocycles. The summed E-state index contributed by atoms with van der Waals surface area (Å²) in [5, 5.41) is 3.76. The molecular formula is C25H31ClN2O2. The predicted octanol–water partition coefficient (Wildman–Crippen LogP) is 5.06. The van der Waals surface area contributed by atoms with Gasteiger partial charge in [-0.05, 0) is 43.9 Å². The summed E-state index contributed by atoms with van der Waals surface area (Å²) in [5.41, 5.74) is 2.93. The van der Waals surface area contributed by atoms with Gasteiger partial charge in [-0.15, -0.1) is 0 Å². The summed E-state index contributed by atoms with van der Waals surface area (Å²) in [4.78, 5) is 27.9. The van der Waals surface area contributed by atoms with Crippen LogP contribution in [0.1, 0.15) is 55.7 Å². The molecule has 1 N–H and O–H groups in total. The van der Waals surface area contributed by atoms with Gasteiger partial charge in [0.1, 0.15) is 6.04 Å². The van der Waals surface area contributed by atoms with Crippen molar-refractivity contribution >= 4 is 23.4 Å². The van der Waals surface area contributed by atoms with Crippen molar-refractivity contribution in [3.63, 3.8) is 0 Å². The number of hydrogen-bond acceptors (Lipinski definition) is 2. The van der Waals surface area contributed by atoms with Gasteiger partial charge in [0.05, 0.1) is 6.42 Å². The first-order chi connectivity index (χ1) is 14.4. The second-order valence-electron chi connectivity index (χ2n) is 8.29. The molecule has 0 bridgehead atoms. The van der Waals surface area contributed by atoms with E-state index in [2.05, 4.69) is 5.32 Å². The standard InChI is InChI=1S/C25H31ClN2O2/c1-18-12-14-20(15-13-18)16-24(29)28(17-21-8-6-7-11-23(21)26)19(2)25(30)27-22-9-4-3-5-10-22/h6-8,11-15,19,22H,3-5,9-10,16-17H2,1-2H3,(H,27,30)/t19-/m1/s1. The monoisotopic (exact) mass is 426 g/mol. The van der Waals surface area contributed by atoms with E-state index in [9.17, 15) is 9.59 Å². The number of carbonyl (C=O) groups is 2. The van der Waals surface area contributed by atoms with E-state index in [0.29, 0.717) is 11.6 Å². The topological polar surface area (TPSA) is 49.4 Å². The minimum Gasteiger partial charge on any atom is -0.352 e. The van der Waals surface area contributed by atoms with Crippen LogP contribution >= 0.6 is 11.6 Å². The molecule has 2 aromatic rings. The van der Waals surface area contributed by atoms with Crippen LogP contribution in [-0.4, -0.2) is 28.8 Å². The number of amides is 2. The molecule has 0 aliphatic heterocycles. The van der Waals surface area contributed by atoms with Crippen molar-refractivity contribution in [3.8, 4) is 0 Å². The first-order valence-electron chi connectivity index (χ1n) is 10.8. The maximum absolute atomic E-state index is 13.3. The van der Waals surface area contributed by atoms with Crippen LogP contribution in [0.5, 0.6) is 0 Å². The molecule has 1 fully saturated rings. The molecule has 0 radical (unpaired) electrons. The van der Waals surface area contributed by atoms with Crippen molar-refractivity contribution < 1.29 is 9.59 Å². The Balaban J connectivity index is 1.76. The minimum atomic E-state index is -0.568. The second-order valence-corrected chi connectivity index (χ2v) is 8.70. The lowest BCUT2D eigenvalue weighted by atomic mass is 9.95. The maximum Gasteiger partial charge on any atom is 0.242 e. The molecule has 0 aromatic heterocycles. The lowest BCUT2D eigenvalue weighted by Crippen LogP contribution is -2.50. The van der Waals surface area contributed by atoms with Gasteiger partial charge in [-0.3, -0.25) is 9.59 Å². The molecule has 160 valence electrons. The third-order valence-corrected chi connectivity index (χ3v) is 6.26. The van der Waals surface area contributed by atoms with E-state index in [1.54, 1.807) is 4.90 Å². The molecule has 1 aliphatic rings. The molecule has 30 heavy (non-hydrogen) atoms. The summed E-state index contributed by atoms with van der Waals surface area (Å²) in [6.45, 7) is 4.14. The van der Waals surface area contributed by atoms with Crippen molar-refractivity contribution in [2.24, 2.45) is 0 Å². The van der Waals surface area contributed by atoms with E-state index >= 15 is 0 Å². The second kappa shape index (κ2) is 10.6. The largest absolute Gasteiger partial charge is 0.352 e. The van der Waals surface area contributed by atoms with Gasteiger partial charge in [-0.2, -0.15) is 0 Å². The highest BCUT2D eigenvalue weighted by atomic mass is 35.5. The molecule has 0 heterocycles. The van der Waals surface area contributed by atoms with E-state index in [1.807, 2.05) is 62.4 Å². The minimum absolute atomic E-state index is 0.0786. The van der Waals surface area contributed by atoms with Crippen molar-refractivity contribution in [2.75, 3.05) is 0 Å². The molecule has 0 saturated heterocycles. The van der Waals surface area contributed by atoms with Gasteiger partial charge in [0.15, 0.2) is 0 Å². The van der Waals surface area contributed by atoms with Crippen LogP contribution in [0.4, 0.5) is 0 Å². The van der Waals surface area contributed by atoms with Crippen LogP contribution in [-0.2, 0) is 22.6 Å². The predicted molar refractivity (Wildman–Crippen MR) is 121 cm³/mol. The number of nitrogens with zero attached hydrogens (tertiary/aromatic N) is 1. The van der Waals surface area contributed by atoms with E-state index in [-0.39, 0.29) is 24.3 Å². The third-order valence-electron chi connectivity index (χ3n) is 5.89. The van der Waals surface area contributed by atoms with Crippen LogP contribution in [0, 0.1) is 6.92 Å². The zero-order valence-corrected chi connectivity index (χ0v) is 18.6. The molecular weight excluding hydrogens is 396 g/mol. The maximum atomic E-state index is 13.3. The summed E-state index contributed by atoms with van der Waals surface area (Å²) in [7, 11) is 0. The third kappa shape index (κ3) is 6.09. The normalized spacial score (nSPS) is 15.4. The van der Waals surface area contributed by atoms with Crippen molar-refractivity contribution in [3.05, 3.63) is 70.2 Å². The van der Waals surface area contributed by atoms with Crippen LogP contribution in [0.3, 0.4) is 0 Å². The van der Waals surface area contributed by atoms with E-state index < -0.39 is 6.04 Å². The fourth-order valence-electron chi connectivity index (χ4n) is 3.94. The Labute approximate surface area is 184 Å². The molecule has 1 atom stereocenters. The van der Waals surface area contributed by atoms with Gasteiger partial charge in [0, 0.05) is 17.6 Å². The van der Waals surface area contributed by atoms with E-state index in [4.69, 9.17) is 11.6 Å². The van der Waals surface area contributed by atoms with Crippen LogP contribution < -0.4 is 5.32 Å². The zero-order chi connectivity index (χ0) is 21.5. The van der Waals surface area contributed by atoms with Crippen LogP contribution in [0.15, 0.2) is 48.5 Å². The number of nitrogens with one attached hydrogen (secondary N) is 1. The Bertz CT molecular complexity index is 860. The Hall–Kier alpha value is -2.33. The average molecular weight is 427 g/mol. The van der Waals surface area contributed by atoms with Gasteiger partial charge >= 0.3 is 0 Å². The van der Waals surface area contributed by atoms with Crippen LogP contribution in [0.2, 0.25) is 5.02 Å². The van der Waals surface area contributed by atoms with Gasteiger partial charge in [-0.1, -0.05) is 78.9 Å². The fraction of sp³-hybridized carbons (Fsp3) is 0.440. The summed E-state index contributed by atoms with van der Waals surface area (Å²) in [6.07, 6.45) is 5.81. The number of hydrogen-bond donors (Lipinski definition) is 1. The van der Waals surface area contributed by atoms with Gasteiger partial charge in [-0.25, -0.2) is 0 Å². The summed E-state index contributed by atoms with van der Waals surface area (Å²) in [5.74, 6) is -0.170. The SMILES string of the molecule is Cc1ccc(CC(=O)N(Cc2ccccc2Cl)[C@H](C)C(=O)NC2CCCCC2)cc1. The Morgan fingerprint density at radius 1 is 1.07 bits per heavy atom. The van der Waals surface area contributed by atoms with E-state index in [0.717, 1.165) is 42.4 Å². The molecule has 1 aliphatic carbocycles. The summed E-state index contributed by atoms with van der Waals surface area (Å²) in [6, 6.07) is 15.1. The van der Waals surface area contributed by atoms with E-state index in [1.165, 1.54) is 6.42 Å². The molecule has 0 unspecified atom stereocenters. The summed E-state index contributed by atoms with van der Waals surface area (Å²) < 4.78 is 0. The highest BCUT2D eigenvalue weighted by Gasteiger charge is 2.28. The number of rotatable bonds is 7. The zero-order valence-electron chi connectivity index (χ0n) is 17.9. The molecule has 5 heteroatoms. The van der Waals surface area contributed by atoms with Gasteiger partial charge in [0.2, 0.25) is 11.8 Å².